The van der Waals surface area contributed by atoms with Gasteiger partial charge in [0.25, 0.3) is 5.91 Å². The molecule has 4 nitrogen and oxygen atoms in total. The molecule has 1 unspecified atom stereocenters. The molecular formula is C13H18BrNO3. The molecule has 1 rings (SSSR count). The number of benzene rings is 1. The number of rotatable bonds is 6. The van der Waals surface area contributed by atoms with Gasteiger partial charge in [-0.25, -0.2) is 0 Å². The largest absolute Gasteiger partial charge is 0.496 e. The first-order valence-corrected chi connectivity index (χ1v) is 6.48. The molecule has 5 heteroatoms. The van der Waals surface area contributed by atoms with Crippen molar-refractivity contribution in [3.8, 4) is 5.75 Å². The Morgan fingerprint density at radius 1 is 1.44 bits per heavy atom. The number of carbonyl (C=O) groups excluding carboxylic acids is 1. The van der Waals surface area contributed by atoms with Crippen LogP contribution in [0.2, 0.25) is 0 Å². The maximum atomic E-state index is 11.9. The number of halogens is 1. The molecule has 1 N–H and O–H groups in total. The monoisotopic (exact) mass is 315 g/mol. The Labute approximate surface area is 116 Å². The Balaban J connectivity index is 2.59. The van der Waals surface area contributed by atoms with E-state index in [2.05, 4.69) is 21.2 Å². The number of ether oxygens (including phenoxy) is 2. The van der Waals surface area contributed by atoms with Crippen molar-refractivity contribution in [3.05, 3.63) is 28.2 Å². The third kappa shape index (κ3) is 4.31. The van der Waals surface area contributed by atoms with Gasteiger partial charge in [-0.1, -0.05) is 6.92 Å². The Morgan fingerprint density at radius 3 is 2.72 bits per heavy atom. The summed E-state index contributed by atoms with van der Waals surface area (Å²) in [6, 6.07) is 5.24. The fourth-order valence-electron chi connectivity index (χ4n) is 1.52. The lowest BCUT2D eigenvalue weighted by Crippen LogP contribution is -2.29. The number of hydrogen-bond acceptors (Lipinski definition) is 3. The third-order valence-electron chi connectivity index (χ3n) is 2.48. The Bertz CT molecular complexity index is 409. The van der Waals surface area contributed by atoms with Gasteiger partial charge in [-0.2, -0.15) is 0 Å². The smallest absolute Gasteiger partial charge is 0.251 e. The summed E-state index contributed by atoms with van der Waals surface area (Å²) in [4.78, 5) is 11.9. The molecule has 0 bridgehead atoms. The lowest BCUT2D eigenvalue weighted by Gasteiger charge is -2.12. The van der Waals surface area contributed by atoms with E-state index in [4.69, 9.17) is 9.47 Å². The predicted molar refractivity (Wildman–Crippen MR) is 74.1 cm³/mol. The normalized spacial score (nSPS) is 12.0. The molecule has 0 heterocycles. The fraction of sp³-hybridized carbons (Fsp3) is 0.462. The minimum Gasteiger partial charge on any atom is -0.496 e. The Kier molecular flexibility index (Phi) is 6.15. The summed E-state index contributed by atoms with van der Waals surface area (Å²) in [5.74, 6) is 0.904. The van der Waals surface area contributed by atoms with Gasteiger partial charge in [0.05, 0.1) is 18.2 Å². The zero-order valence-electron chi connectivity index (χ0n) is 10.8. The molecule has 0 fully saturated rings. The van der Waals surface area contributed by atoms with Crippen LogP contribution in [-0.2, 0) is 4.74 Å². The van der Waals surface area contributed by atoms with E-state index in [1.807, 2.05) is 6.92 Å². The minimum atomic E-state index is -0.0960. The van der Waals surface area contributed by atoms with Crippen LogP contribution < -0.4 is 10.1 Å². The number of amides is 1. The Morgan fingerprint density at radius 2 is 2.17 bits per heavy atom. The summed E-state index contributed by atoms with van der Waals surface area (Å²) >= 11 is 3.36. The van der Waals surface area contributed by atoms with Crippen LogP contribution in [0.3, 0.4) is 0 Å². The maximum absolute atomic E-state index is 11.9. The predicted octanol–water partition coefficient (Wildman–Crippen LogP) is 2.47. The quantitative estimate of drug-likeness (QED) is 0.877. The van der Waals surface area contributed by atoms with Crippen LogP contribution in [0.4, 0.5) is 0 Å². The van der Waals surface area contributed by atoms with E-state index < -0.39 is 0 Å². The van der Waals surface area contributed by atoms with E-state index in [1.54, 1.807) is 32.4 Å². The van der Waals surface area contributed by atoms with Crippen LogP contribution in [0.5, 0.6) is 5.75 Å². The minimum absolute atomic E-state index is 0.0960. The molecule has 18 heavy (non-hydrogen) atoms. The van der Waals surface area contributed by atoms with E-state index in [1.165, 1.54) is 0 Å². The summed E-state index contributed by atoms with van der Waals surface area (Å²) in [5, 5.41) is 2.87. The van der Waals surface area contributed by atoms with Gasteiger partial charge in [0.15, 0.2) is 0 Å². The summed E-state index contributed by atoms with van der Waals surface area (Å²) < 4.78 is 10.9. The summed E-state index contributed by atoms with van der Waals surface area (Å²) in [6.45, 7) is 3.25. The Hall–Kier alpha value is -1.07. The molecule has 0 aliphatic rings. The van der Waals surface area contributed by atoms with E-state index in [0.717, 1.165) is 4.47 Å². The second kappa shape index (κ2) is 7.38. The van der Waals surface area contributed by atoms with Crippen LogP contribution in [-0.4, -0.2) is 33.3 Å². The highest BCUT2D eigenvalue weighted by atomic mass is 79.9. The SMILES string of the molecule is COCC(C)CNC(=O)c1ccc(OC)c(Br)c1. The summed E-state index contributed by atoms with van der Waals surface area (Å²) in [5.41, 5.74) is 0.604. The highest BCUT2D eigenvalue weighted by Crippen LogP contribution is 2.25. The van der Waals surface area contributed by atoms with Crippen molar-refractivity contribution in [2.45, 2.75) is 6.92 Å². The molecule has 0 spiro atoms. The van der Waals surface area contributed by atoms with Crippen molar-refractivity contribution >= 4 is 21.8 Å². The fourth-order valence-corrected chi connectivity index (χ4v) is 2.06. The van der Waals surface area contributed by atoms with Gasteiger partial charge in [-0.15, -0.1) is 0 Å². The first kappa shape index (κ1) is 15.0. The molecule has 0 aromatic heterocycles. The summed E-state index contributed by atoms with van der Waals surface area (Å²) in [6.07, 6.45) is 0. The second-order valence-corrected chi connectivity index (χ2v) is 4.97. The first-order valence-electron chi connectivity index (χ1n) is 5.69. The van der Waals surface area contributed by atoms with E-state index in [0.29, 0.717) is 30.4 Å². The number of methoxy groups -OCH3 is 2. The van der Waals surface area contributed by atoms with E-state index >= 15 is 0 Å². The van der Waals surface area contributed by atoms with Crippen LogP contribution in [0.25, 0.3) is 0 Å². The first-order chi connectivity index (χ1) is 8.58. The number of carbonyl (C=O) groups is 1. The van der Waals surface area contributed by atoms with E-state index in [9.17, 15) is 4.79 Å². The van der Waals surface area contributed by atoms with Crippen molar-refractivity contribution < 1.29 is 14.3 Å². The van der Waals surface area contributed by atoms with Gasteiger partial charge in [0.1, 0.15) is 5.75 Å². The van der Waals surface area contributed by atoms with Crippen LogP contribution in [0, 0.1) is 5.92 Å². The van der Waals surface area contributed by atoms with Gasteiger partial charge >= 0.3 is 0 Å². The van der Waals surface area contributed by atoms with Gasteiger partial charge in [0.2, 0.25) is 0 Å². The van der Waals surface area contributed by atoms with Crippen molar-refractivity contribution in [1.29, 1.82) is 0 Å². The molecule has 0 aliphatic heterocycles. The number of hydrogen-bond donors (Lipinski definition) is 1. The van der Waals surface area contributed by atoms with Gasteiger partial charge < -0.3 is 14.8 Å². The zero-order chi connectivity index (χ0) is 13.5. The van der Waals surface area contributed by atoms with Crippen molar-refractivity contribution in [3.63, 3.8) is 0 Å². The van der Waals surface area contributed by atoms with Gasteiger partial charge in [-0.05, 0) is 40.0 Å². The molecular weight excluding hydrogens is 298 g/mol. The standard InChI is InChI=1S/C13H18BrNO3/c1-9(8-17-2)7-15-13(16)10-4-5-12(18-3)11(14)6-10/h4-6,9H,7-8H2,1-3H3,(H,15,16). The molecule has 0 saturated heterocycles. The second-order valence-electron chi connectivity index (χ2n) is 4.12. The van der Waals surface area contributed by atoms with Crippen molar-refractivity contribution in [2.24, 2.45) is 5.92 Å². The molecule has 100 valence electrons. The zero-order valence-corrected chi connectivity index (χ0v) is 12.4. The van der Waals surface area contributed by atoms with Crippen molar-refractivity contribution in [2.75, 3.05) is 27.4 Å². The third-order valence-corrected chi connectivity index (χ3v) is 3.10. The molecule has 1 amide bonds. The maximum Gasteiger partial charge on any atom is 0.251 e. The number of nitrogens with one attached hydrogen (secondary N) is 1. The van der Waals surface area contributed by atoms with Gasteiger partial charge in [-0.3, -0.25) is 4.79 Å². The molecule has 1 aromatic rings. The average Bonchev–Trinajstić information content (AvgIpc) is 2.36. The van der Waals surface area contributed by atoms with Crippen molar-refractivity contribution in [1.82, 2.24) is 5.32 Å². The topological polar surface area (TPSA) is 47.6 Å². The highest BCUT2D eigenvalue weighted by Gasteiger charge is 2.10. The molecule has 0 radical (unpaired) electrons. The average molecular weight is 316 g/mol. The molecule has 1 atom stereocenters. The lowest BCUT2D eigenvalue weighted by molar-refractivity contribution is 0.0934. The highest BCUT2D eigenvalue weighted by molar-refractivity contribution is 9.10. The lowest BCUT2D eigenvalue weighted by atomic mass is 10.1. The van der Waals surface area contributed by atoms with Crippen LogP contribution in [0.15, 0.2) is 22.7 Å². The van der Waals surface area contributed by atoms with E-state index in [-0.39, 0.29) is 5.91 Å². The van der Waals surface area contributed by atoms with Crippen LogP contribution in [0.1, 0.15) is 17.3 Å². The molecule has 0 aliphatic carbocycles. The van der Waals surface area contributed by atoms with Crippen LogP contribution >= 0.6 is 15.9 Å². The van der Waals surface area contributed by atoms with Gasteiger partial charge in [0, 0.05) is 19.2 Å². The molecule has 1 aromatic carbocycles. The summed E-state index contributed by atoms with van der Waals surface area (Å²) in [7, 11) is 3.24. The molecule has 0 saturated carbocycles.